The van der Waals surface area contributed by atoms with Crippen LogP contribution in [0.25, 0.3) is 0 Å². The molecule has 0 fully saturated rings. The Morgan fingerprint density at radius 1 is 1.35 bits per heavy atom. The van der Waals surface area contributed by atoms with Crippen molar-refractivity contribution in [2.24, 2.45) is 0 Å². The third-order valence-electron chi connectivity index (χ3n) is 2.21. The van der Waals surface area contributed by atoms with Crippen LogP contribution in [-0.4, -0.2) is 18.5 Å². The predicted molar refractivity (Wildman–Crippen MR) is 70.0 cm³/mol. The van der Waals surface area contributed by atoms with Gasteiger partial charge < -0.3 is 10.6 Å². The van der Waals surface area contributed by atoms with Crippen molar-refractivity contribution >= 4 is 24.0 Å². The molecular weight excluding hydrogens is 243 g/mol. The molecule has 0 saturated carbocycles. The zero-order valence-corrected chi connectivity index (χ0v) is 10.8. The summed E-state index contributed by atoms with van der Waals surface area (Å²) in [5, 5.41) is 5.79. The van der Waals surface area contributed by atoms with Gasteiger partial charge in [0.05, 0.1) is 6.04 Å². The van der Waals surface area contributed by atoms with Crippen LogP contribution in [0.2, 0.25) is 0 Å². The van der Waals surface area contributed by atoms with E-state index in [1.165, 1.54) is 12.1 Å². The lowest BCUT2D eigenvalue weighted by atomic mass is 10.2. The zero-order chi connectivity index (χ0) is 12.0. The van der Waals surface area contributed by atoms with Gasteiger partial charge in [-0.25, -0.2) is 4.39 Å². The summed E-state index contributed by atoms with van der Waals surface area (Å²) in [4.78, 5) is 11.6. The van der Waals surface area contributed by atoms with Gasteiger partial charge >= 0.3 is 0 Å². The second-order valence-electron chi connectivity index (χ2n) is 3.67. The number of rotatable bonds is 5. The van der Waals surface area contributed by atoms with Gasteiger partial charge in [-0.05, 0) is 44.2 Å². The minimum absolute atomic E-state index is 0. The SMILES string of the molecule is CCCNC(C)C(=O)Nc1ccc(F)cc1.Cl. The lowest BCUT2D eigenvalue weighted by Crippen LogP contribution is -2.38. The van der Waals surface area contributed by atoms with Crippen LogP contribution < -0.4 is 10.6 Å². The molecule has 1 aromatic carbocycles. The highest BCUT2D eigenvalue weighted by atomic mass is 35.5. The van der Waals surface area contributed by atoms with Crippen LogP contribution in [0.3, 0.4) is 0 Å². The van der Waals surface area contributed by atoms with Crippen molar-refractivity contribution in [3.63, 3.8) is 0 Å². The molecule has 0 bridgehead atoms. The summed E-state index contributed by atoms with van der Waals surface area (Å²) in [6.45, 7) is 4.64. The van der Waals surface area contributed by atoms with E-state index in [1.807, 2.05) is 6.92 Å². The standard InChI is InChI=1S/C12H17FN2O.ClH/c1-3-8-14-9(2)12(16)15-11-6-4-10(13)5-7-11;/h4-7,9,14H,3,8H2,1-2H3,(H,15,16);1H. The maximum Gasteiger partial charge on any atom is 0.241 e. The van der Waals surface area contributed by atoms with Gasteiger partial charge in [0.1, 0.15) is 5.82 Å². The molecule has 96 valence electrons. The lowest BCUT2D eigenvalue weighted by molar-refractivity contribution is -0.117. The number of hydrogen-bond donors (Lipinski definition) is 2. The third kappa shape index (κ3) is 5.65. The molecule has 3 nitrogen and oxygen atoms in total. The summed E-state index contributed by atoms with van der Waals surface area (Å²) in [7, 11) is 0. The molecule has 0 radical (unpaired) electrons. The molecule has 2 N–H and O–H groups in total. The molecule has 0 aliphatic carbocycles. The second-order valence-corrected chi connectivity index (χ2v) is 3.67. The summed E-state index contributed by atoms with van der Waals surface area (Å²) in [5.41, 5.74) is 0.608. The van der Waals surface area contributed by atoms with Gasteiger partial charge in [0.15, 0.2) is 0 Å². The Labute approximate surface area is 107 Å². The summed E-state index contributed by atoms with van der Waals surface area (Å²) in [6, 6.07) is 5.48. The van der Waals surface area contributed by atoms with Gasteiger partial charge in [0.2, 0.25) is 5.91 Å². The highest BCUT2D eigenvalue weighted by Crippen LogP contribution is 2.08. The average molecular weight is 261 g/mol. The van der Waals surface area contributed by atoms with Crippen molar-refractivity contribution in [2.45, 2.75) is 26.3 Å². The molecule has 0 spiro atoms. The van der Waals surface area contributed by atoms with Gasteiger partial charge in [-0.15, -0.1) is 12.4 Å². The molecule has 1 amide bonds. The fourth-order valence-corrected chi connectivity index (χ4v) is 1.24. The van der Waals surface area contributed by atoms with Crippen LogP contribution in [0.1, 0.15) is 20.3 Å². The summed E-state index contributed by atoms with van der Waals surface area (Å²) in [6.07, 6.45) is 0.980. The fraction of sp³-hybridized carbons (Fsp3) is 0.417. The number of hydrogen-bond acceptors (Lipinski definition) is 2. The Bertz CT molecular complexity index is 343. The number of benzene rings is 1. The molecule has 1 aromatic rings. The Hall–Kier alpha value is -1.13. The maximum atomic E-state index is 12.6. The second kappa shape index (κ2) is 8.03. The van der Waals surface area contributed by atoms with E-state index in [1.54, 1.807) is 19.1 Å². The fourth-order valence-electron chi connectivity index (χ4n) is 1.24. The van der Waals surface area contributed by atoms with E-state index < -0.39 is 0 Å². The molecule has 0 aliphatic heterocycles. The van der Waals surface area contributed by atoms with Crippen molar-refractivity contribution in [2.75, 3.05) is 11.9 Å². The normalized spacial score (nSPS) is 11.5. The number of amides is 1. The van der Waals surface area contributed by atoms with Crippen molar-refractivity contribution in [3.05, 3.63) is 30.1 Å². The molecule has 0 aromatic heterocycles. The van der Waals surface area contributed by atoms with Gasteiger partial charge in [-0.3, -0.25) is 4.79 Å². The molecule has 5 heteroatoms. The van der Waals surface area contributed by atoms with Crippen LogP contribution in [0.15, 0.2) is 24.3 Å². The molecule has 1 atom stereocenters. The van der Waals surface area contributed by atoms with Gasteiger partial charge in [-0.1, -0.05) is 6.92 Å². The highest BCUT2D eigenvalue weighted by molar-refractivity contribution is 5.94. The van der Waals surface area contributed by atoms with E-state index in [0.29, 0.717) is 5.69 Å². The van der Waals surface area contributed by atoms with E-state index in [0.717, 1.165) is 13.0 Å². The van der Waals surface area contributed by atoms with Crippen LogP contribution in [0, 0.1) is 5.82 Å². The first-order valence-corrected chi connectivity index (χ1v) is 5.43. The van der Waals surface area contributed by atoms with E-state index in [2.05, 4.69) is 10.6 Å². The maximum absolute atomic E-state index is 12.6. The van der Waals surface area contributed by atoms with Crippen LogP contribution in [0.5, 0.6) is 0 Å². The molecule has 0 saturated heterocycles. The van der Waals surface area contributed by atoms with Crippen LogP contribution in [-0.2, 0) is 4.79 Å². The lowest BCUT2D eigenvalue weighted by Gasteiger charge is -2.13. The van der Waals surface area contributed by atoms with E-state index in [4.69, 9.17) is 0 Å². The quantitative estimate of drug-likeness (QED) is 0.854. The highest BCUT2D eigenvalue weighted by Gasteiger charge is 2.11. The smallest absolute Gasteiger partial charge is 0.241 e. The minimum Gasteiger partial charge on any atom is -0.325 e. The number of anilines is 1. The van der Waals surface area contributed by atoms with Gasteiger partial charge in [0, 0.05) is 5.69 Å². The summed E-state index contributed by atoms with van der Waals surface area (Å²) in [5.74, 6) is -0.421. The minimum atomic E-state index is -0.310. The third-order valence-corrected chi connectivity index (χ3v) is 2.21. The van der Waals surface area contributed by atoms with Crippen molar-refractivity contribution in [3.8, 4) is 0 Å². The number of halogens is 2. The molecular formula is C12H18ClFN2O. The van der Waals surface area contributed by atoms with E-state index in [-0.39, 0.29) is 30.2 Å². The zero-order valence-electron chi connectivity index (χ0n) is 10.00. The van der Waals surface area contributed by atoms with Crippen LogP contribution in [0.4, 0.5) is 10.1 Å². The number of carbonyl (C=O) groups excluding carboxylic acids is 1. The Balaban J connectivity index is 0.00000256. The Morgan fingerprint density at radius 3 is 2.47 bits per heavy atom. The first kappa shape index (κ1) is 15.9. The van der Waals surface area contributed by atoms with Gasteiger partial charge in [0.25, 0.3) is 0 Å². The topological polar surface area (TPSA) is 41.1 Å². The average Bonchev–Trinajstić information content (AvgIpc) is 2.29. The Kier molecular flexibility index (Phi) is 7.50. The molecule has 0 heterocycles. The first-order chi connectivity index (χ1) is 7.63. The Morgan fingerprint density at radius 2 is 1.94 bits per heavy atom. The first-order valence-electron chi connectivity index (χ1n) is 5.43. The van der Waals surface area contributed by atoms with Crippen molar-refractivity contribution in [1.82, 2.24) is 5.32 Å². The van der Waals surface area contributed by atoms with E-state index >= 15 is 0 Å². The number of carbonyl (C=O) groups is 1. The molecule has 1 unspecified atom stereocenters. The summed E-state index contributed by atoms with van der Waals surface area (Å²) >= 11 is 0. The molecule has 0 aliphatic rings. The van der Waals surface area contributed by atoms with Crippen molar-refractivity contribution < 1.29 is 9.18 Å². The predicted octanol–water partition coefficient (Wildman–Crippen LogP) is 2.57. The van der Waals surface area contributed by atoms with E-state index in [9.17, 15) is 9.18 Å². The largest absolute Gasteiger partial charge is 0.325 e. The molecule has 1 rings (SSSR count). The molecule has 17 heavy (non-hydrogen) atoms. The monoisotopic (exact) mass is 260 g/mol. The summed E-state index contributed by atoms with van der Waals surface area (Å²) < 4.78 is 12.6. The van der Waals surface area contributed by atoms with Gasteiger partial charge in [-0.2, -0.15) is 0 Å². The van der Waals surface area contributed by atoms with Crippen LogP contribution >= 0.6 is 12.4 Å². The van der Waals surface area contributed by atoms with Crippen molar-refractivity contribution in [1.29, 1.82) is 0 Å². The number of nitrogens with one attached hydrogen (secondary N) is 2.